The molecule has 7 N–H and O–H groups in total. The van der Waals surface area contributed by atoms with Crippen molar-refractivity contribution in [3.63, 3.8) is 0 Å². The smallest absolute Gasteiger partial charge is 0.462 e. The van der Waals surface area contributed by atoms with Crippen LogP contribution in [0.1, 0.15) is 194 Å². The van der Waals surface area contributed by atoms with Crippen LogP contribution in [0.4, 0.5) is 0 Å². The normalized spacial score (nSPS) is 24.5. The highest BCUT2D eigenvalue weighted by molar-refractivity contribution is 7.47. The van der Waals surface area contributed by atoms with Crippen LogP contribution in [0.5, 0.6) is 0 Å². The number of rotatable bonds is 42. The topological polar surface area (TPSA) is 269 Å². The number of hydrogen-bond donors (Lipinski definition) is 7. The van der Waals surface area contributed by atoms with Crippen molar-refractivity contribution in [3.05, 3.63) is 36.5 Å². The largest absolute Gasteiger partial charge is 0.472 e. The van der Waals surface area contributed by atoms with Gasteiger partial charge < -0.3 is 49.3 Å². The molecular weight excluding hydrogens is 922 g/mol. The van der Waals surface area contributed by atoms with Crippen molar-refractivity contribution in [1.82, 2.24) is 0 Å². The molecule has 17 nitrogen and oxygen atoms in total. The van der Waals surface area contributed by atoms with Crippen molar-refractivity contribution in [2.45, 2.75) is 249 Å². The summed E-state index contributed by atoms with van der Waals surface area (Å²) in [4.78, 5) is 54.5. The Morgan fingerprint density at radius 2 is 1.03 bits per heavy atom. The van der Waals surface area contributed by atoms with E-state index in [9.17, 15) is 53.8 Å². The lowest BCUT2D eigenvalue weighted by molar-refractivity contribution is -0.216. The number of unbranched alkanes of at least 4 members (excludes halogenated alkanes) is 19. The molecule has 2 fully saturated rings. The van der Waals surface area contributed by atoms with Crippen LogP contribution in [0.15, 0.2) is 36.5 Å². The number of allylic oxidation sites excluding steroid dienone is 5. The maximum absolute atomic E-state index is 13.0. The van der Waals surface area contributed by atoms with E-state index in [1.54, 1.807) is 0 Å². The minimum absolute atomic E-state index is 0.0280. The fourth-order valence-corrected chi connectivity index (χ4v) is 9.59. The second-order valence-electron chi connectivity index (χ2n) is 18.3. The van der Waals surface area contributed by atoms with Crippen molar-refractivity contribution in [2.24, 2.45) is 0 Å². The van der Waals surface area contributed by atoms with Gasteiger partial charge in [0.25, 0.3) is 0 Å². The summed E-state index contributed by atoms with van der Waals surface area (Å²) in [5.41, 5.74) is 0. The molecule has 0 aromatic heterocycles. The Morgan fingerprint density at radius 1 is 0.544 bits per heavy atom. The monoisotopic (exact) mass is 1010 g/mol. The highest BCUT2D eigenvalue weighted by atomic mass is 31.2. The fraction of sp³-hybridized carbons (Fsp3) is 0.837. The average Bonchev–Trinajstić information content (AvgIpc) is 4.05. The average molecular weight is 1010 g/mol. The third-order valence-corrected chi connectivity index (χ3v) is 13.6. The van der Waals surface area contributed by atoms with E-state index in [0.29, 0.717) is 19.3 Å². The number of hydrogen-bond acceptors (Lipinski definition) is 14. The molecule has 19 heteroatoms. The highest BCUT2D eigenvalue weighted by Crippen LogP contribution is 2.49. The zero-order valence-corrected chi connectivity index (χ0v) is 42.8. The number of phosphoric ester groups is 2. The quantitative estimate of drug-likeness (QED) is 0.00987. The molecule has 0 radical (unpaired) electrons. The number of epoxide rings is 1. The number of phosphoric acid groups is 2. The summed E-state index contributed by atoms with van der Waals surface area (Å²) in [5.74, 6) is -1.27. The summed E-state index contributed by atoms with van der Waals surface area (Å²) in [7, 11) is -10.7. The predicted molar refractivity (Wildman–Crippen MR) is 259 cm³/mol. The minimum atomic E-state index is -5.37. The number of esters is 2. The Kier molecular flexibility index (Phi) is 33.9. The second kappa shape index (κ2) is 37.0. The summed E-state index contributed by atoms with van der Waals surface area (Å²) in [6, 6.07) is 0. The lowest BCUT2D eigenvalue weighted by Gasteiger charge is -2.43. The molecule has 1 saturated carbocycles. The lowest BCUT2D eigenvalue weighted by Crippen LogP contribution is -2.64. The van der Waals surface area contributed by atoms with Gasteiger partial charge in [-0.05, 0) is 51.4 Å². The number of carbonyl (C=O) groups excluding carboxylic acids is 2. The van der Waals surface area contributed by atoms with Gasteiger partial charge in [-0.2, -0.15) is 0 Å². The molecular formula is C49H88O17P2. The van der Waals surface area contributed by atoms with Gasteiger partial charge in [0.15, 0.2) is 6.10 Å². The number of carbonyl (C=O) groups is 2. The van der Waals surface area contributed by atoms with Crippen molar-refractivity contribution < 1.29 is 81.6 Å². The van der Waals surface area contributed by atoms with E-state index in [4.69, 9.17) is 23.3 Å². The van der Waals surface area contributed by atoms with Gasteiger partial charge in [-0.25, -0.2) is 9.13 Å². The minimum Gasteiger partial charge on any atom is -0.462 e. The van der Waals surface area contributed by atoms with Crippen molar-refractivity contribution in [3.8, 4) is 0 Å². The van der Waals surface area contributed by atoms with E-state index in [0.717, 1.165) is 51.4 Å². The predicted octanol–water partition coefficient (Wildman–Crippen LogP) is 9.28. The van der Waals surface area contributed by atoms with Crippen molar-refractivity contribution in [1.29, 1.82) is 0 Å². The maximum Gasteiger partial charge on any atom is 0.472 e. The van der Waals surface area contributed by atoms with Gasteiger partial charge in [0.1, 0.15) is 43.2 Å². The SMILES string of the molecule is CCCCC/C=C\C/C=C\C/C=C\CC1OC1CCCC(=O)OC[C@H](COP(=O)(O)O[C@H]1C(O)C(O)C(O)[C@@H](OP(=O)(O)O)C1O)OC(=O)CCCCCCCCCCCCCCCCCCC. The molecule has 1 aliphatic heterocycles. The molecule has 0 aromatic carbocycles. The first-order valence-electron chi connectivity index (χ1n) is 25.7. The first-order chi connectivity index (χ1) is 32.6. The van der Waals surface area contributed by atoms with Crippen LogP contribution in [0.2, 0.25) is 0 Å². The molecule has 0 bridgehead atoms. The first kappa shape index (κ1) is 62.3. The van der Waals surface area contributed by atoms with Crippen LogP contribution < -0.4 is 0 Å². The van der Waals surface area contributed by atoms with Gasteiger partial charge in [-0.1, -0.05) is 166 Å². The molecule has 0 spiro atoms. The van der Waals surface area contributed by atoms with Gasteiger partial charge >= 0.3 is 27.6 Å². The number of ether oxygens (including phenoxy) is 3. The van der Waals surface area contributed by atoms with E-state index in [2.05, 4.69) is 54.8 Å². The first-order valence-corrected chi connectivity index (χ1v) is 28.7. The molecule has 0 aromatic rings. The third kappa shape index (κ3) is 30.1. The van der Waals surface area contributed by atoms with Gasteiger partial charge in [0.05, 0.1) is 18.8 Å². The number of aliphatic hydroxyl groups is 4. The Morgan fingerprint density at radius 3 is 1.59 bits per heavy atom. The summed E-state index contributed by atoms with van der Waals surface area (Å²) >= 11 is 0. The molecule has 1 heterocycles. The van der Waals surface area contributed by atoms with E-state index >= 15 is 0 Å². The van der Waals surface area contributed by atoms with E-state index in [-0.39, 0.29) is 25.0 Å². The molecule has 10 atom stereocenters. The van der Waals surface area contributed by atoms with E-state index in [1.165, 1.54) is 96.3 Å². The molecule has 1 aliphatic carbocycles. The maximum atomic E-state index is 13.0. The molecule has 396 valence electrons. The Balaban J connectivity index is 1.79. The third-order valence-electron chi connectivity index (χ3n) is 12.1. The second-order valence-corrected chi connectivity index (χ2v) is 20.9. The van der Waals surface area contributed by atoms with E-state index < -0.39 is 83.5 Å². The van der Waals surface area contributed by atoms with Crippen LogP contribution in [-0.4, -0.2) is 115 Å². The number of aliphatic hydroxyl groups excluding tert-OH is 4. The van der Waals surface area contributed by atoms with Gasteiger partial charge in [-0.3, -0.25) is 23.2 Å². The molecule has 1 saturated heterocycles. The Labute approximate surface area is 406 Å². The Hall–Kier alpha value is -1.82. The lowest BCUT2D eigenvalue weighted by atomic mass is 9.85. The molecule has 2 rings (SSSR count). The van der Waals surface area contributed by atoms with Crippen LogP contribution in [-0.2, 0) is 46.5 Å². The summed E-state index contributed by atoms with van der Waals surface area (Å²) in [5, 5.41) is 41.3. The van der Waals surface area contributed by atoms with Gasteiger partial charge in [0, 0.05) is 12.8 Å². The molecule has 2 aliphatic rings. The van der Waals surface area contributed by atoms with Crippen molar-refractivity contribution in [2.75, 3.05) is 13.2 Å². The van der Waals surface area contributed by atoms with Crippen LogP contribution >= 0.6 is 15.6 Å². The van der Waals surface area contributed by atoms with Gasteiger partial charge in [-0.15, -0.1) is 0 Å². The van der Waals surface area contributed by atoms with Crippen LogP contribution in [0.3, 0.4) is 0 Å². The van der Waals surface area contributed by atoms with Gasteiger partial charge in [0.2, 0.25) is 0 Å². The highest BCUT2D eigenvalue weighted by Gasteiger charge is 2.54. The molecule has 0 amide bonds. The standard InChI is InChI=1S/C49H88O17P2/c1-3-5-7-9-11-13-15-17-18-19-20-21-23-25-27-29-31-35-43(51)63-39(38-62-68(59,60)66-49-46(54)44(52)45(53)48(47(49)55)65-67(56,57)58)37-61-42(50)36-32-34-41-40(64-41)33-30-28-26-24-22-16-14-12-10-8-6-4-2/h12,14,22,24,28,30,39-41,44-49,52-55H,3-11,13,15-21,23,25-27,29,31-38H2,1-2H3,(H,59,60)(H2,56,57,58)/b14-12-,24-22-,30-28-/t39-,40?,41?,44?,45?,46?,47?,48-,49+/m1/s1. The molecule has 68 heavy (non-hydrogen) atoms. The van der Waals surface area contributed by atoms with Crippen molar-refractivity contribution >= 4 is 27.6 Å². The molecule has 7 unspecified atom stereocenters. The Bertz CT molecular complexity index is 1520. The fourth-order valence-electron chi connectivity index (χ4n) is 8.05. The zero-order chi connectivity index (χ0) is 50.0. The summed E-state index contributed by atoms with van der Waals surface area (Å²) in [6.45, 7) is 3.04. The van der Waals surface area contributed by atoms with Crippen LogP contribution in [0, 0.1) is 0 Å². The summed E-state index contributed by atoms with van der Waals surface area (Å²) < 4.78 is 55.3. The van der Waals surface area contributed by atoms with Crippen LogP contribution in [0.25, 0.3) is 0 Å². The zero-order valence-electron chi connectivity index (χ0n) is 41.0. The summed E-state index contributed by atoms with van der Waals surface area (Å²) in [6.07, 6.45) is 26.8. The van der Waals surface area contributed by atoms with E-state index in [1.807, 2.05) is 0 Å².